The Kier molecular flexibility index (Phi) is 2.85. The Bertz CT molecular complexity index is 616. The van der Waals surface area contributed by atoms with Crippen LogP contribution in [0.15, 0.2) is 41.6 Å². The van der Waals surface area contributed by atoms with Crippen molar-refractivity contribution in [2.75, 3.05) is 5.01 Å². The Morgan fingerprint density at radius 1 is 1.22 bits per heavy atom. The number of allylic oxidation sites excluding steroid dienone is 1. The van der Waals surface area contributed by atoms with Crippen LogP contribution in [0.2, 0.25) is 0 Å². The molecule has 6 heteroatoms. The summed E-state index contributed by atoms with van der Waals surface area (Å²) < 4.78 is 1.65. The number of para-hydroxylation sites is 1. The summed E-state index contributed by atoms with van der Waals surface area (Å²) in [6.07, 6.45) is 7.47. The second kappa shape index (κ2) is 4.66. The van der Waals surface area contributed by atoms with Crippen LogP contribution in [0.3, 0.4) is 0 Å². The lowest BCUT2D eigenvalue weighted by molar-refractivity contribution is 0.704. The van der Waals surface area contributed by atoms with Crippen molar-refractivity contribution in [1.82, 2.24) is 15.0 Å². The first-order chi connectivity index (χ1) is 8.88. The van der Waals surface area contributed by atoms with Crippen LogP contribution in [0.4, 0.5) is 11.5 Å². The molecule has 0 bridgehead atoms. The van der Waals surface area contributed by atoms with Crippen LogP contribution in [-0.2, 0) is 5.88 Å². The van der Waals surface area contributed by atoms with Gasteiger partial charge in [-0.2, -0.15) is 17.7 Å². The van der Waals surface area contributed by atoms with Crippen LogP contribution in [-0.4, -0.2) is 21.2 Å². The van der Waals surface area contributed by atoms with Crippen LogP contribution in [0.25, 0.3) is 6.08 Å². The van der Waals surface area contributed by atoms with Gasteiger partial charge in [0.25, 0.3) is 0 Å². The van der Waals surface area contributed by atoms with Gasteiger partial charge in [0, 0.05) is 11.8 Å². The van der Waals surface area contributed by atoms with Gasteiger partial charge in [-0.15, -0.1) is 5.10 Å². The fourth-order valence-corrected chi connectivity index (χ4v) is 1.91. The molecule has 0 spiro atoms. The van der Waals surface area contributed by atoms with Gasteiger partial charge in [-0.25, -0.2) is 9.69 Å². The van der Waals surface area contributed by atoms with Crippen LogP contribution < -0.4 is 5.01 Å². The average Bonchev–Trinajstić information content (AvgIpc) is 2.78. The van der Waals surface area contributed by atoms with Gasteiger partial charge < -0.3 is 0 Å². The second-order valence-electron chi connectivity index (χ2n) is 3.75. The van der Waals surface area contributed by atoms with E-state index in [2.05, 4.69) is 28.0 Å². The molecule has 0 saturated heterocycles. The molecule has 5 nitrogen and oxygen atoms in total. The van der Waals surface area contributed by atoms with Crippen molar-refractivity contribution in [2.24, 2.45) is 5.10 Å². The van der Waals surface area contributed by atoms with E-state index < -0.39 is 0 Å². The molecule has 0 fully saturated rings. The van der Waals surface area contributed by atoms with Crippen LogP contribution >= 0.6 is 12.6 Å². The van der Waals surface area contributed by atoms with Crippen molar-refractivity contribution in [3.63, 3.8) is 0 Å². The fraction of sp³-hybridized carbons (Fsp3) is 0.0833. The largest absolute Gasteiger partial charge is 0.241 e. The number of aromatic nitrogens is 3. The van der Waals surface area contributed by atoms with E-state index in [0.29, 0.717) is 11.7 Å². The maximum atomic E-state index is 4.36. The molecule has 0 saturated carbocycles. The maximum absolute atomic E-state index is 4.36. The van der Waals surface area contributed by atoms with E-state index in [1.54, 1.807) is 15.9 Å². The monoisotopic (exact) mass is 257 g/mol. The summed E-state index contributed by atoms with van der Waals surface area (Å²) in [5.41, 5.74) is 2.07. The number of hydrogen-bond donors (Lipinski definition) is 1. The first kappa shape index (κ1) is 11.0. The van der Waals surface area contributed by atoms with Crippen molar-refractivity contribution in [1.29, 1.82) is 0 Å². The van der Waals surface area contributed by atoms with Crippen molar-refractivity contribution in [3.05, 3.63) is 42.1 Å². The van der Waals surface area contributed by atoms with Crippen LogP contribution in [0, 0.1) is 0 Å². The first-order valence-electron chi connectivity index (χ1n) is 5.49. The molecule has 0 atom stereocenters. The zero-order valence-electron chi connectivity index (χ0n) is 9.51. The predicted octanol–water partition coefficient (Wildman–Crippen LogP) is 2.32. The Balaban J connectivity index is 2.07. The molecule has 90 valence electrons. The molecular formula is C12H11N5S. The van der Waals surface area contributed by atoms with Gasteiger partial charge in [0.05, 0.1) is 17.8 Å². The lowest BCUT2D eigenvalue weighted by Crippen LogP contribution is -2.09. The van der Waals surface area contributed by atoms with E-state index in [1.165, 1.54) is 0 Å². The molecule has 0 unspecified atom stereocenters. The highest BCUT2D eigenvalue weighted by Gasteiger charge is 2.15. The van der Waals surface area contributed by atoms with E-state index >= 15 is 0 Å². The summed E-state index contributed by atoms with van der Waals surface area (Å²) in [7, 11) is 0. The number of nitrogens with zero attached hydrogens (tertiary/aromatic N) is 5. The lowest BCUT2D eigenvalue weighted by Gasteiger charge is -2.16. The third kappa shape index (κ3) is 1.91. The summed E-state index contributed by atoms with van der Waals surface area (Å²) in [6.45, 7) is 0. The van der Waals surface area contributed by atoms with Crippen molar-refractivity contribution in [2.45, 2.75) is 5.88 Å². The molecule has 1 aliphatic rings. The van der Waals surface area contributed by atoms with Crippen LogP contribution in [0.1, 0.15) is 5.56 Å². The Labute approximate surface area is 110 Å². The quantitative estimate of drug-likeness (QED) is 0.840. The number of hydrazone groups is 1. The molecule has 18 heavy (non-hydrogen) atoms. The normalized spacial score (nSPS) is 13.5. The SMILES string of the molecule is SCn1cc(N2N=CC=Cc3ccccc32)nn1. The van der Waals surface area contributed by atoms with Crippen molar-refractivity contribution >= 4 is 36.4 Å². The van der Waals surface area contributed by atoms with Gasteiger partial charge in [0.15, 0.2) is 5.82 Å². The smallest absolute Gasteiger partial charge is 0.196 e. The third-order valence-corrected chi connectivity index (χ3v) is 2.89. The Morgan fingerprint density at radius 3 is 2.94 bits per heavy atom. The molecule has 1 aliphatic heterocycles. The number of thiol groups is 1. The topological polar surface area (TPSA) is 46.3 Å². The minimum absolute atomic E-state index is 0.491. The van der Waals surface area contributed by atoms with E-state index in [9.17, 15) is 0 Å². The molecule has 0 aliphatic carbocycles. The second-order valence-corrected chi connectivity index (χ2v) is 4.03. The third-order valence-electron chi connectivity index (χ3n) is 2.60. The average molecular weight is 257 g/mol. The Morgan fingerprint density at radius 2 is 2.11 bits per heavy atom. The van der Waals surface area contributed by atoms with E-state index in [0.717, 1.165) is 11.3 Å². The molecule has 1 aromatic heterocycles. The van der Waals surface area contributed by atoms with Gasteiger partial charge >= 0.3 is 0 Å². The molecule has 2 aromatic rings. The first-order valence-corrected chi connectivity index (χ1v) is 6.12. The van der Waals surface area contributed by atoms with E-state index in [4.69, 9.17) is 0 Å². The van der Waals surface area contributed by atoms with E-state index in [1.807, 2.05) is 42.6 Å². The molecule has 0 amide bonds. The van der Waals surface area contributed by atoms with E-state index in [-0.39, 0.29) is 0 Å². The molecule has 2 heterocycles. The predicted molar refractivity (Wildman–Crippen MR) is 75.1 cm³/mol. The maximum Gasteiger partial charge on any atom is 0.196 e. The fourth-order valence-electron chi connectivity index (χ4n) is 1.77. The highest BCUT2D eigenvalue weighted by molar-refractivity contribution is 7.79. The number of fused-ring (bicyclic) bond motifs is 1. The highest BCUT2D eigenvalue weighted by atomic mass is 32.1. The Hall–Kier alpha value is -2.08. The molecule has 0 radical (unpaired) electrons. The summed E-state index contributed by atoms with van der Waals surface area (Å²) in [4.78, 5) is 0. The molecule has 1 aromatic carbocycles. The summed E-state index contributed by atoms with van der Waals surface area (Å²) in [6, 6.07) is 8.01. The summed E-state index contributed by atoms with van der Waals surface area (Å²) >= 11 is 4.16. The zero-order chi connectivity index (χ0) is 12.4. The summed E-state index contributed by atoms with van der Waals surface area (Å²) in [5.74, 6) is 1.17. The summed E-state index contributed by atoms with van der Waals surface area (Å²) in [5, 5.41) is 14.2. The number of anilines is 2. The van der Waals surface area contributed by atoms with Crippen LogP contribution in [0.5, 0.6) is 0 Å². The minimum atomic E-state index is 0.491. The minimum Gasteiger partial charge on any atom is -0.241 e. The van der Waals surface area contributed by atoms with Gasteiger partial charge in [-0.1, -0.05) is 29.5 Å². The van der Waals surface area contributed by atoms with Gasteiger partial charge in [0.1, 0.15) is 0 Å². The van der Waals surface area contributed by atoms with Gasteiger partial charge in [0.2, 0.25) is 0 Å². The lowest BCUT2D eigenvalue weighted by atomic mass is 10.1. The molecular weight excluding hydrogens is 246 g/mol. The van der Waals surface area contributed by atoms with Crippen molar-refractivity contribution in [3.8, 4) is 0 Å². The standard InChI is InChI=1S/C12H11N5S/c18-9-16-8-12(14-15-16)17-11-6-2-1-4-10(11)5-3-7-13-17/h1-8,18H,9H2. The number of hydrogen-bond acceptors (Lipinski definition) is 5. The number of rotatable bonds is 2. The van der Waals surface area contributed by atoms with Gasteiger partial charge in [-0.05, 0) is 12.1 Å². The zero-order valence-corrected chi connectivity index (χ0v) is 10.4. The van der Waals surface area contributed by atoms with Gasteiger partial charge in [-0.3, -0.25) is 0 Å². The number of benzene rings is 1. The highest BCUT2D eigenvalue weighted by Crippen LogP contribution is 2.29. The molecule has 3 rings (SSSR count). The van der Waals surface area contributed by atoms with Crippen molar-refractivity contribution < 1.29 is 0 Å². The molecule has 0 N–H and O–H groups in total.